The second kappa shape index (κ2) is 10.4. The number of piperidine rings is 1. The molecule has 0 radical (unpaired) electrons. The van der Waals surface area contributed by atoms with E-state index in [1.165, 1.54) is 22.6 Å². The maximum absolute atomic E-state index is 13.1. The lowest BCUT2D eigenvalue weighted by Crippen LogP contribution is -2.39. The van der Waals surface area contributed by atoms with Crippen molar-refractivity contribution in [1.82, 2.24) is 19.6 Å². The maximum Gasteiger partial charge on any atom is 0.296 e. The van der Waals surface area contributed by atoms with Crippen LogP contribution in [-0.2, 0) is 13.5 Å². The third-order valence-electron chi connectivity index (χ3n) is 5.91. The van der Waals surface area contributed by atoms with Crippen molar-refractivity contribution < 1.29 is 14.1 Å². The largest absolute Gasteiger partial charge is 0.486 e. The number of likely N-dealkylation sites (tertiary alicyclic amines) is 1. The van der Waals surface area contributed by atoms with Gasteiger partial charge in [-0.2, -0.15) is 0 Å². The van der Waals surface area contributed by atoms with E-state index >= 15 is 0 Å². The van der Waals surface area contributed by atoms with Gasteiger partial charge in [-0.25, -0.2) is 4.98 Å². The lowest BCUT2D eigenvalue weighted by atomic mass is 9.96. The predicted octanol–water partition coefficient (Wildman–Crippen LogP) is 2.84. The molecule has 3 heterocycles. The van der Waals surface area contributed by atoms with Crippen LogP contribution in [0.15, 0.2) is 52.1 Å². The summed E-state index contributed by atoms with van der Waals surface area (Å²) in [4.78, 5) is 33.1. The molecule has 4 rings (SSSR count). The highest BCUT2D eigenvalue weighted by atomic mass is 16.5. The average molecular weight is 452 g/mol. The second-order valence-electron chi connectivity index (χ2n) is 8.19. The van der Waals surface area contributed by atoms with E-state index in [4.69, 9.17) is 9.26 Å². The zero-order valence-corrected chi connectivity index (χ0v) is 19.0. The minimum Gasteiger partial charge on any atom is -0.486 e. The highest BCUT2D eigenvalue weighted by molar-refractivity contribution is 6.04. The molecule has 1 aromatic carbocycles. The van der Waals surface area contributed by atoms with Gasteiger partial charge in [-0.05, 0) is 38.3 Å². The van der Waals surface area contributed by atoms with Crippen LogP contribution in [-0.4, -0.2) is 51.8 Å². The van der Waals surface area contributed by atoms with Crippen molar-refractivity contribution in [3.63, 3.8) is 0 Å². The highest BCUT2D eigenvalue weighted by Crippen LogP contribution is 2.27. The number of nitrogens with zero attached hydrogens (tertiary/aromatic N) is 4. The molecule has 9 heteroatoms. The first-order valence-corrected chi connectivity index (χ1v) is 11.3. The van der Waals surface area contributed by atoms with Crippen LogP contribution in [0.3, 0.4) is 0 Å². The summed E-state index contributed by atoms with van der Waals surface area (Å²) in [6.45, 7) is 4.75. The first kappa shape index (κ1) is 22.7. The van der Waals surface area contributed by atoms with E-state index in [9.17, 15) is 9.59 Å². The molecule has 0 spiro atoms. The topological polar surface area (TPSA) is 102 Å². The van der Waals surface area contributed by atoms with Crippen LogP contribution in [0, 0.1) is 0 Å². The molecule has 1 unspecified atom stereocenters. The molecule has 1 atom stereocenters. The number of rotatable bonds is 8. The molecule has 1 N–H and O–H groups in total. The molecule has 0 saturated carbocycles. The summed E-state index contributed by atoms with van der Waals surface area (Å²) in [6, 6.07) is 10.4. The normalized spacial score (nSPS) is 16.5. The van der Waals surface area contributed by atoms with Crippen molar-refractivity contribution in [2.24, 2.45) is 7.05 Å². The Morgan fingerprint density at radius 3 is 2.85 bits per heavy atom. The summed E-state index contributed by atoms with van der Waals surface area (Å²) in [6.07, 6.45) is 5.57. The number of benzene rings is 1. The number of anilines is 1. The first-order valence-electron chi connectivity index (χ1n) is 11.3. The monoisotopic (exact) mass is 451 g/mol. The molecule has 1 fully saturated rings. The van der Waals surface area contributed by atoms with Gasteiger partial charge >= 0.3 is 0 Å². The molecular formula is C24H29N5O4. The van der Waals surface area contributed by atoms with E-state index < -0.39 is 5.91 Å². The van der Waals surface area contributed by atoms with E-state index in [0.29, 0.717) is 11.5 Å². The van der Waals surface area contributed by atoms with Crippen molar-refractivity contribution in [2.75, 3.05) is 31.6 Å². The minimum atomic E-state index is -0.530. The molecule has 0 aliphatic carbocycles. The van der Waals surface area contributed by atoms with Gasteiger partial charge in [-0.3, -0.25) is 14.2 Å². The van der Waals surface area contributed by atoms with Gasteiger partial charge in [0, 0.05) is 26.1 Å². The summed E-state index contributed by atoms with van der Waals surface area (Å²) in [5.74, 6) is 0.0696. The van der Waals surface area contributed by atoms with Gasteiger partial charge in [-0.1, -0.05) is 35.5 Å². The Bertz CT molecular complexity index is 1130. The van der Waals surface area contributed by atoms with Crippen molar-refractivity contribution in [3.8, 4) is 5.75 Å². The van der Waals surface area contributed by atoms with Gasteiger partial charge < -0.3 is 19.5 Å². The van der Waals surface area contributed by atoms with E-state index in [-0.39, 0.29) is 29.5 Å². The summed E-state index contributed by atoms with van der Waals surface area (Å²) in [7, 11) is 1.69. The number of carbonyl (C=O) groups excluding carboxylic acids is 1. The number of amides is 1. The van der Waals surface area contributed by atoms with E-state index in [0.717, 1.165) is 38.9 Å². The maximum atomic E-state index is 13.1. The van der Waals surface area contributed by atoms with Crippen LogP contribution in [0.25, 0.3) is 0 Å². The van der Waals surface area contributed by atoms with E-state index in [1.54, 1.807) is 14.0 Å². The average Bonchev–Trinajstić information content (AvgIpc) is 3.35. The predicted molar refractivity (Wildman–Crippen MR) is 124 cm³/mol. The first-order chi connectivity index (χ1) is 16.1. The molecule has 1 amide bonds. The van der Waals surface area contributed by atoms with Crippen LogP contribution in [0.5, 0.6) is 5.75 Å². The molecule has 9 nitrogen and oxygen atoms in total. The van der Waals surface area contributed by atoms with Crippen molar-refractivity contribution in [3.05, 3.63) is 70.2 Å². The van der Waals surface area contributed by atoms with Gasteiger partial charge in [-0.15, -0.1) is 0 Å². The summed E-state index contributed by atoms with van der Waals surface area (Å²) in [5, 5.41) is 6.25. The van der Waals surface area contributed by atoms with Crippen LogP contribution in [0.4, 0.5) is 5.69 Å². The van der Waals surface area contributed by atoms with Gasteiger partial charge in [0.1, 0.15) is 17.8 Å². The lowest BCUT2D eigenvalue weighted by Gasteiger charge is -2.33. The van der Waals surface area contributed by atoms with E-state index in [2.05, 4.69) is 44.6 Å². The number of aromatic nitrogens is 3. The molecule has 1 aliphatic heterocycles. The molecule has 0 bridgehead atoms. The number of carbonyl (C=O) groups is 1. The standard InChI is InChI=1S/C24H29N5O4/c1-3-32-21-20(23(30)26-19-14-25-33-16-19)27-22(28(2)24(21)31)18-10-7-12-29(15-18)13-11-17-8-5-4-6-9-17/h4-6,8-9,14,16,18H,3,7,10-13,15H2,1-2H3,(H,26,30). The SMILES string of the molecule is CCOc1c(C(=O)Nc2cnoc2)nc(C2CCCN(CCc3ccccc3)C2)n(C)c1=O. The van der Waals surface area contributed by atoms with Crippen molar-refractivity contribution in [2.45, 2.75) is 32.1 Å². The molecular weight excluding hydrogens is 422 g/mol. The Labute approximate surface area is 192 Å². The van der Waals surface area contributed by atoms with Gasteiger partial charge in [0.05, 0.1) is 12.8 Å². The van der Waals surface area contributed by atoms with Crippen LogP contribution >= 0.6 is 0 Å². The Hall–Kier alpha value is -3.46. The third kappa shape index (κ3) is 5.31. The molecule has 3 aromatic rings. The highest BCUT2D eigenvalue weighted by Gasteiger charge is 2.29. The number of hydrogen-bond donors (Lipinski definition) is 1. The van der Waals surface area contributed by atoms with Crippen LogP contribution in [0.1, 0.15) is 47.6 Å². The number of ether oxygens (including phenoxy) is 1. The Kier molecular flexibility index (Phi) is 7.19. The summed E-state index contributed by atoms with van der Waals surface area (Å²) < 4.78 is 11.8. The Morgan fingerprint density at radius 1 is 1.30 bits per heavy atom. The van der Waals surface area contributed by atoms with E-state index in [1.807, 2.05) is 6.07 Å². The summed E-state index contributed by atoms with van der Waals surface area (Å²) >= 11 is 0. The zero-order valence-electron chi connectivity index (χ0n) is 19.0. The quantitative estimate of drug-likeness (QED) is 0.562. The molecule has 174 valence electrons. The van der Waals surface area contributed by atoms with Gasteiger partial charge in [0.25, 0.3) is 11.5 Å². The molecule has 1 aliphatic rings. The Balaban J connectivity index is 1.57. The fourth-order valence-corrected chi connectivity index (χ4v) is 4.25. The lowest BCUT2D eigenvalue weighted by molar-refractivity contribution is 0.101. The summed E-state index contributed by atoms with van der Waals surface area (Å²) in [5.41, 5.74) is 1.31. The fraction of sp³-hybridized carbons (Fsp3) is 0.417. The molecule has 2 aromatic heterocycles. The Morgan fingerprint density at radius 2 is 2.12 bits per heavy atom. The molecule has 1 saturated heterocycles. The second-order valence-corrected chi connectivity index (χ2v) is 8.19. The third-order valence-corrected chi connectivity index (χ3v) is 5.91. The van der Waals surface area contributed by atoms with Crippen LogP contribution in [0.2, 0.25) is 0 Å². The molecule has 33 heavy (non-hydrogen) atoms. The number of nitrogens with one attached hydrogen (secondary N) is 1. The number of hydrogen-bond acceptors (Lipinski definition) is 7. The zero-order chi connectivity index (χ0) is 23.2. The fourth-order valence-electron chi connectivity index (χ4n) is 4.25. The smallest absolute Gasteiger partial charge is 0.296 e. The van der Waals surface area contributed by atoms with Gasteiger partial charge in [0.15, 0.2) is 5.69 Å². The minimum absolute atomic E-state index is 0.0161. The van der Waals surface area contributed by atoms with Crippen molar-refractivity contribution >= 4 is 11.6 Å². The van der Waals surface area contributed by atoms with Crippen molar-refractivity contribution in [1.29, 1.82) is 0 Å². The van der Waals surface area contributed by atoms with Gasteiger partial charge in [0.2, 0.25) is 5.75 Å². The van der Waals surface area contributed by atoms with Crippen LogP contribution < -0.4 is 15.6 Å².